The predicted molar refractivity (Wildman–Crippen MR) is 91.5 cm³/mol. The van der Waals surface area contributed by atoms with Gasteiger partial charge in [-0.15, -0.1) is 12.4 Å². The summed E-state index contributed by atoms with van der Waals surface area (Å²) in [6.45, 7) is 1.07. The van der Waals surface area contributed by atoms with Crippen molar-refractivity contribution in [3.05, 3.63) is 35.4 Å². The van der Waals surface area contributed by atoms with Crippen molar-refractivity contribution in [1.82, 2.24) is 15.5 Å². The number of nitrogens with one attached hydrogen (secondary N) is 2. The normalized spacial score (nSPS) is 21.9. The molecule has 0 bridgehead atoms. The molecule has 0 aliphatic carbocycles. The lowest BCUT2D eigenvalue weighted by atomic mass is 10.1. The number of nitrogens with zero attached hydrogens (tertiary/aromatic N) is 1. The molecule has 1 aromatic carbocycles. The second kappa shape index (κ2) is 8.10. The Labute approximate surface area is 151 Å². The number of hydrogen-bond acceptors (Lipinski definition) is 3. The largest absolute Gasteiger partial charge is 0.351 e. The van der Waals surface area contributed by atoms with Crippen LogP contribution in [-0.2, 0) is 22.7 Å². The highest BCUT2D eigenvalue weighted by atomic mass is 35.5. The van der Waals surface area contributed by atoms with E-state index in [9.17, 15) is 18.4 Å². The van der Waals surface area contributed by atoms with Crippen LogP contribution in [0.15, 0.2) is 24.3 Å². The third kappa shape index (κ3) is 4.89. The van der Waals surface area contributed by atoms with Gasteiger partial charge in [-0.1, -0.05) is 24.3 Å². The van der Waals surface area contributed by atoms with Crippen molar-refractivity contribution in [3.63, 3.8) is 0 Å². The zero-order chi connectivity index (χ0) is 17.2. The molecule has 2 saturated heterocycles. The molecule has 5 nitrogen and oxygen atoms in total. The lowest BCUT2D eigenvalue weighted by Gasteiger charge is -2.19. The SMILES string of the molecule is Cl.O=C(NCc1ccccc1CN1CCCC1=O)C1CC(F)(F)CN1. The number of rotatable bonds is 5. The number of alkyl halides is 2. The molecule has 1 aromatic rings. The van der Waals surface area contributed by atoms with Crippen molar-refractivity contribution >= 4 is 24.2 Å². The Morgan fingerprint density at radius 2 is 2.04 bits per heavy atom. The topological polar surface area (TPSA) is 61.4 Å². The minimum absolute atomic E-state index is 0. The summed E-state index contributed by atoms with van der Waals surface area (Å²) < 4.78 is 26.3. The number of benzene rings is 1. The van der Waals surface area contributed by atoms with Gasteiger partial charge in [0.25, 0.3) is 5.92 Å². The molecular weight excluding hydrogens is 352 g/mol. The average molecular weight is 374 g/mol. The smallest absolute Gasteiger partial charge is 0.262 e. The molecule has 1 atom stereocenters. The van der Waals surface area contributed by atoms with Gasteiger partial charge in [0.15, 0.2) is 0 Å². The van der Waals surface area contributed by atoms with Gasteiger partial charge in [-0.2, -0.15) is 0 Å². The second-order valence-electron chi connectivity index (χ2n) is 6.40. The Morgan fingerprint density at radius 3 is 2.64 bits per heavy atom. The number of carbonyl (C=O) groups is 2. The molecule has 1 unspecified atom stereocenters. The standard InChI is InChI=1S/C17H21F2N3O2.ClH/c18-17(19)8-14(21-11-17)16(24)20-9-12-4-1-2-5-13(12)10-22-7-3-6-15(22)23;/h1-2,4-5,14,21H,3,6-11H2,(H,20,24);1H. The first-order valence-corrected chi connectivity index (χ1v) is 8.18. The van der Waals surface area contributed by atoms with Crippen LogP contribution < -0.4 is 10.6 Å². The summed E-state index contributed by atoms with van der Waals surface area (Å²) in [4.78, 5) is 25.6. The van der Waals surface area contributed by atoms with E-state index in [1.165, 1.54) is 0 Å². The van der Waals surface area contributed by atoms with Crippen molar-refractivity contribution in [1.29, 1.82) is 0 Å². The number of hydrogen-bond donors (Lipinski definition) is 2. The quantitative estimate of drug-likeness (QED) is 0.828. The van der Waals surface area contributed by atoms with Gasteiger partial charge in [0.1, 0.15) is 0 Å². The minimum Gasteiger partial charge on any atom is -0.351 e. The fraction of sp³-hybridized carbons (Fsp3) is 0.529. The van der Waals surface area contributed by atoms with Crippen LogP contribution in [0.3, 0.4) is 0 Å². The fourth-order valence-corrected chi connectivity index (χ4v) is 3.17. The fourth-order valence-electron chi connectivity index (χ4n) is 3.17. The molecule has 25 heavy (non-hydrogen) atoms. The molecule has 0 radical (unpaired) electrons. The van der Waals surface area contributed by atoms with Crippen LogP contribution in [0, 0.1) is 0 Å². The van der Waals surface area contributed by atoms with E-state index in [1.54, 1.807) is 4.90 Å². The molecule has 2 N–H and O–H groups in total. The average Bonchev–Trinajstić information content (AvgIpc) is 3.12. The van der Waals surface area contributed by atoms with Gasteiger partial charge in [0, 0.05) is 32.5 Å². The Hall–Kier alpha value is -1.73. The first kappa shape index (κ1) is 19.6. The lowest BCUT2D eigenvalue weighted by molar-refractivity contribution is -0.128. The second-order valence-corrected chi connectivity index (χ2v) is 6.40. The molecule has 2 heterocycles. The van der Waals surface area contributed by atoms with E-state index in [0.717, 1.165) is 24.1 Å². The highest BCUT2D eigenvalue weighted by Crippen LogP contribution is 2.25. The Bertz CT molecular complexity index is 642. The summed E-state index contributed by atoms with van der Waals surface area (Å²) in [5.41, 5.74) is 1.87. The summed E-state index contributed by atoms with van der Waals surface area (Å²) >= 11 is 0. The molecule has 0 aromatic heterocycles. The minimum atomic E-state index is -2.82. The van der Waals surface area contributed by atoms with E-state index in [2.05, 4.69) is 10.6 Å². The summed E-state index contributed by atoms with van der Waals surface area (Å²) in [6.07, 6.45) is 0.989. The molecule has 138 valence electrons. The number of carbonyl (C=O) groups excluding carboxylic acids is 2. The summed E-state index contributed by atoms with van der Waals surface area (Å²) in [6, 6.07) is 6.70. The molecule has 2 aliphatic rings. The number of amides is 2. The zero-order valence-electron chi connectivity index (χ0n) is 13.8. The van der Waals surface area contributed by atoms with Crippen LogP contribution in [0.2, 0.25) is 0 Å². The summed E-state index contributed by atoms with van der Waals surface area (Å²) in [5, 5.41) is 5.26. The molecular formula is C17H22ClF2N3O2. The molecule has 3 rings (SSSR count). The van der Waals surface area contributed by atoms with E-state index in [0.29, 0.717) is 13.0 Å². The highest BCUT2D eigenvalue weighted by molar-refractivity contribution is 5.85. The van der Waals surface area contributed by atoms with Crippen LogP contribution in [0.1, 0.15) is 30.4 Å². The van der Waals surface area contributed by atoms with Crippen LogP contribution in [0.25, 0.3) is 0 Å². The van der Waals surface area contributed by atoms with Gasteiger partial charge in [-0.25, -0.2) is 8.78 Å². The van der Waals surface area contributed by atoms with Crippen LogP contribution in [0.4, 0.5) is 8.78 Å². The van der Waals surface area contributed by atoms with Gasteiger partial charge in [-0.3, -0.25) is 14.9 Å². The first-order chi connectivity index (χ1) is 11.4. The van der Waals surface area contributed by atoms with Gasteiger partial charge >= 0.3 is 0 Å². The molecule has 2 fully saturated rings. The summed E-state index contributed by atoms with van der Waals surface area (Å²) in [7, 11) is 0. The van der Waals surface area contributed by atoms with Crippen LogP contribution >= 0.6 is 12.4 Å². The van der Waals surface area contributed by atoms with Crippen molar-refractivity contribution in [2.45, 2.75) is 44.3 Å². The molecule has 2 amide bonds. The zero-order valence-corrected chi connectivity index (χ0v) is 14.6. The molecule has 0 saturated carbocycles. The van der Waals surface area contributed by atoms with E-state index < -0.39 is 30.8 Å². The maximum Gasteiger partial charge on any atom is 0.262 e. The monoisotopic (exact) mass is 373 g/mol. The van der Waals surface area contributed by atoms with E-state index >= 15 is 0 Å². The van der Waals surface area contributed by atoms with Gasteiger partial charge in [0.05, 0.1) is 12.6 Å². The van der Waals surface area contributed by atoms with Gasteiger partial charge in [0.2, 0.25) is 11.8 Å². The van der Waals surface area contributed by atoms with Crippen molar-refractivity contribution in [2.75, 3.05) is 13.1 Å². The van der Waals surface area contributed by atoms with Crippen molar-refractivity contribution in [2.24, 2.45) is 0 Å². The third-order valence-electron chi connectivity index (χ3n) is 4.53. The van der Waals surface area contributed by atoms with E-state index in [4.69, 9.17) is 0 Å². The predicted octanol–water partition coefficient (Wildman–Crippen LogP) is 1.84. The van der Waals surface area contributed by atoms with Gasteiger partial charge in [-0.05, 0) is 17.5 Å². The van der Waals surface area contributed by atoms with Gasteiger partial charge < -0.3 is 10.2 Å². The highest BCUT2D eigenvalue weighted by Gasteiger charge is 2.42. The maximum atomic E-state index is 13.2. The van der Waals surface area contributed by atoms with Crippen LogP contribution in [0.5, 0.6) is 0 Å². The molecule has 2 aliphatic heterocycles. The number of halogens is 3. The molecule has 0 spiro atoms. The maximum absolute atomic E-state index is 13.2. The third-order valence-corrected chi connectivity index (χ3v) is 4.53. The van der Waals surface area contributed by atoms with Crippen molar-refractivity contribution < 1.29 is 18.4 Å². The summed E-state index contributed by atoms with van der Waals surface area (Å²) in [5.74, 6) is -3.10. The van der Waals surface area contributed by atoms with E-state index in [1.807, 2.05) is 24.3 Å². The first-order valence-electron chi connectivity index (χ1n) is 8.18. The van der Waals surface area contributed by atoms with E-state index in [-0.39, 0.29) is 24.9 Å². The van der Waals surface area contributed by atoms with Crippen molar-refractivity contribution in [3.8, 4) is 0 Å². The van der Waals surface area contributed by atoms with Crippen LogP contribution in [-0.4, -0.2) is 41.8 Å². The Kier molecular flexibility index (Phi) is 6.35. The number of likely N-dealkylation sites (tertiary alicyclic amines) is 1. The molecule has 8 heteroatoms. The Morgan fingerprint density at radius 1 is 1.32 bits per heavy atom. The Balaban J connectivity index is 0.00000225. The lowest BCUT2D eigenvalue weighted by Crippen LogP contribution is -2.40.